The first kappa shape index (κ1) is 24.7. The third-order valence-corrected chi connectivity index (χ3v) is 7.49. The number of fused-ring (bicyclic) bond motifs is 1. The molecule has 3 aliphatic carbocycles. The molecule has 6 heteroatoms. The summed E-state index contributed by atoms with van der Waals surface area (Å²) in [6.45, 7) is 8.30. The molecule has 0 radical (unpaired) electrons. The molecule has 2 saturated carbocycles. The fraction of sp³-hybridized carbons (Fsp3) is 0.577. The molecule has 32 heavy (non-hydrogen) atoms. The van der Waals surface area contributed by atoms with Crippen LogP contribution in [0, 0.1) is 22.7 Å². The van der Waals surface area contributed by atoms with E-state index >= 15 is 0 Å². The average Bonchev–Trinajstić information content (AvgIpc) is 3.06. The van der Waals surface area contributed by atoms with Gasteiger partial charge in [0, 0.05) is 6.42 Å². The molecule has 3 aliphatic rings. The summed E-state index contributed by atoms with van der Waals surface area (Å²) in [5, 5.41) is 27.2. The van der Waals surface area contributed by atoms with Gasteiger partial charge in [-0.2, -0.15) is 13.2 Å². The van der Waals surface area contributed by atoms with Crippen molar-refractivity contribution in [2.24, 2.45) is 17.3 Å². The monoisotopic (exact) mass is 449 g/mol. The van der Waals surface area contributed by atoms with Crippen LogP contribution in [0.15, 0.2) is 59.3 Å². The first-order valence-corrected chi connectivity index (χ1v) is 11.4. The minimum atomic E-state index is -4.60. The largest absolute Gasteiger partial charge is 0.432 e. The van der Waals surface area contributed by atoms with Crippen LogP contribution in [-0.4, -0.2) is 34.3 Å². The maximum Gasteiger partial charge on any atom is 0.432 e. The predicted octanol–water partition coefficient (Wildman–Crippen LogP) is 6.21. The molecular weight excluding hydrogens is 415 g/mol. The molecule has 0 heterocycles. The van der Waals surface area contributed by atoms with Gasteiger partial charge in [-0.1, -0.05) is 55.9 Å². The van der Waals surface area contributed by atoms with Crippen LogP contribution in [0.4, 0.5) is 13.2 Å². The lowest BCUT2D eigenvalue weighted by Gasteiger charge is -2.42. The minimum absolute atomic E-state index is 0.0179. The summed E-state index contributed by atoms with van der Waals surface area (Å²) in [5.74, 6) is 0.470. The van der Waals surface area contributed by atoms with Gasteiger partial charge < -0.3 is 10.2 Å². The summed E-state index contributed by atoms with van der Waals surface area (Å²) in [7, 11) is 0. The smallest absolute Gasteiger partial charge is 0.393 e. The summed E-state index contributed by atoms with van der Waals surface area (Å²) in [6.07, 6.45) is 8.20. The van der Waals surface area contributed by atoms with E-state index in [1.807, 2.05) is 6.08 Å². The zero-order valence-electron chi connectivity index (χ0n) is 18.9. The van der Waals surface area contributed by atoms with Crippen molar-refractivity contribution in [3.8, 4) is 0 Å². The molecule has 3 rings (SSSR count). The highest BCUT2D eigenvalue weighted by molar-refractivity contribution is 5.96. The Morgan fingerprint density at radius 3 is 2.75 bits per heavy atom. The number of hydrogen-bond donors (Lipinski definition) is 3. The Morgan fingerprint density at radius 1 is 1.34 bits per heavy atom. The van der Waals surface area contributed by atoms with E-state index < -0.39 is 24.1 Å². The van der Waals surface area contributed by atoms with Crippen LogP contribution in [0.5, 0.6) is 0 Å². The molecule has 2 fully saturated rings. The van der Waals surface area contributed by atoms with E-state index in [4.69, 9.17) is 5.41 Å². The van der Waals surface area contributed by atoms with E-state index in [9.17, 15) is 23.4 Å². The van der Waals surface area contributed by atoms with Gasteiger partial charge in [-0.15, -0.1) is 0 Å². The average molecular weight is 450 g/mol. The Kier molecular flexibility index (Phi) is 7.35. The van der Waals surface area contributed by atoms with Crippen molar-refractivity contribution >= 4 is 5.71 Å². The zero-order chi connectivity index (χ0) is 23.7. The highest BCUT2D eigenvalue weighted by atomic mass is 19.4. The summed E-state index contributed by atoms with van der Waals surface area (Å²) in [5.41, 5.74) is 2.90. The molecule has 0 bridgehead atoms. The highest BCUT2D eigenvalue weighted by Gasteiger charge is 2.45. The van der Waals surface area contributed by atoms with E-state index in [2.05, 4.69) is 32.6 Å². The second-order valence-corrected chi connectivity index (χ2v) is 9.74. The molecule has 3 N–H and O–H groups in total. The number of rotatable bonds is 5. The molecule has 3 nitrogen and oxygen atoms in total. The molecule has 0 saturated heterocycles. The molecule has 0 aliphatic heterocycles. The molecule has 5 atom stereocenters. The Bertz CT molecular complexity index is 880. The number of allylic oxidation sites excluding steroid dienone is 7. The van der Waals surface area contributed by atoms with Crippen LogP contribution in [0.3, 0.4) is 0 Å². The Morgan fingerprint density at radius 2 is 2.06 bits per heavy atom. The quantitative estimate of drug-likeness (QED) is 0.345. The van der Waals surface area contributed by atoms with Gasteiger partial charge in [-0.3, -0.25) is 5.41 Å². The van der Waals surface area contributed by atoms with Gasteiger partial charge >= 0.3 is 6.18 Å². The van der Waals surface area contributed by atoms with E-state index in [-0.39, 0.29) is 11.3 Å². The summed E-state index contributed by atoms with van der Waals surface area (Å²) < 4.78 is 37.6. The number of hydrogen-bond acceptors (Lipinski definition) is 3. The van der Waals surface area contributed by atoms with Crippen molar-refractivity contribution in [2.45, 2.75) is 77.2 Å². The van der Waals surface area contributed by atoms with Crippen LogP contribution in [0.25, 0.3) is 0 Å². The van der Waals surface area contributed by atoms with Gasteiger partial charge in [-0.25, -0.2) is 0 Å². The SMILES string of the molecule is C=C1/C(=C\C=C2/CCC[C@]3(C)C([C@H](C)C/C=C/C(=N)C(F)(F)F)=CC[C@@H]23)C[C@@H](O)C[C@@H]1O. The van der Waals surface area contributed by atoms with Gasteiger partial charge in [0.15, 0.2) is 0 Å². The van der Waals surface area contributed by atoms with Crippen molar-refractivity contribution < 1.29 is 23.4 Å². The zero-order valence-corrected chi connectivity index (χ0v) is 18.9. The fourth-order valence-electron chi connectivity index (χ4n) is 5.69. The first-order valence-electron chi connectivity index (χ1n) is 11.4. The number of alkyl halides is 3. The van der Waals surface area contributed by atoms with Crippen LogP contribution < -0.4 is 0 Å². The number of halogens is 3. The molecule has 0 aromatic heterocycles. The molecule has 176 valence electrons. The summed E-state index contributed by atoms with van der Waals surface area (Å²) >= 11 is 0. The Hall–Kier alpha value is -1.92. The lowest BCUT2D eigenvalue weighted by Crippen LogP contribution is -2.32. The van der Waals surface area contributed by atoms with E-state index in [0.29, 0.717) is 30.8 Å². The molecule has 0 aromatic rings. The molecule has 0 amide bonds. The standard InChI is InChI=1S/C26H34F3NO2/c1-16(6-4-8-24(30)26(27,28)29)21-11-12-22-18(7-5-13-25(21,22)3)9-10-19-14-20(31)15-23(32)17(19)2/h4,8-11,16,20,22-23,30-32H,2,5-7,12-15H2,1,3H3/b8-4+,18-9+,19-10-,30-24?/t16-,20-,22+,23+,25-/m1/s1. The number of aliphatic hydroxyl groups is 2. The molecular formula is C26H34F3NO2. The van der Waals surface area contributed by atoms with Crippen molar-refractivity contribution in [1.29, 1.82) is 5.41 Å². The highest BCUT2D eigenvalue weighted by Crippen LogP contribution is 2.57. The number of aliphatic hydroxyl groups excluding tert-OH is 2. The van der Waals surface area contributed by atoms with Gasteiger partial charge in [0.05, 0.1) is 12.2 Å². The fourth-order valence-corrected chi connectivity index (χ4v) is 5.69. The third kappa shape index (κ3) is 5.18. The van der Waals surface area contributed by atoms with Gasteiger partial charge in [0.1, 0.15) is 5.71 Å². The van der Waals surface area contributed by atoms with Crippen LogP contribution in [0.1, 0.15) is 58.8 Å². The van der Waals surface area contributed by atoms with Crippen molar-refractivity contribution in [3.05, 3.63) is 59.3 Å². The van der Waals surface area contributed by atoms with Crippen molar-refractivity contribution in [1.82, 2.24) is 0 Å². The van der Waals surface area contributed by atoms with E-state index in [1.165, 1.54) is 17.2 Å². The molecule has 0 spiro atoms. The van der Waals surface area contributed by atoms with Crippen LogP contribution >= 0.6 is 0 Å². The second kappa shape index (κ2) is 9.52. The molecule has 0 unspecified atom stereocenters. The first-order chi connectivity index (χ1) is 14.9. The maximum absolute atomic E-state index is 12.5. The molecule has 0 aromatic carbocycles. The number of nitrogens with one attached hydrogen (secondary N) is 1. The van der Waals surface area contributed by atoms with E-state index in [0.717, 1.165) is 37.3 Å². The topological polar surface area (TPSA) is 64.3 Å². The van der Waals surface area contributed by atoms with Crippen LogP contribution in [0.2, 0.25) is 0 Å². The van der Waals surface area contributed by atoms with Crippen LogP contribution in [-0.2, 0) is 0 Å². The third-order valence-electron chi connectivity index (χ3n) is 7.49. The Balaban J connectivity index is 1.72. The normalized spacial score (nSPS) is 34.8. The Labute approximate surface area is 188 Å². The van der Waals surface area contributed by atoms with Gasteiger partial charge in [0.2, 0.25) is 0 Å². The minimum Gasteiger partial charge on any atom is -0.393 e. The predicted molar refractivity (Wildman–Crippen MR) is 121 cm³/mol. The lowest BCUT2D eigenvalue weighted by atomic mass is 9.62. The second-order valence-electron chi connectivity index (χ2n) is 9.74. The van der Waals surface area contributed by atoms with E-state index in [1.54, 1.807) is 0 Å². The summed E-state index contributed by atoms with van der Waals surface area (Å²) in [6, 6.07) is 0. The van der Waals surface area contributed by atoms with Gasteiger partial charge in [-0.05, 0) is 73.0 Å². The summed E-state index contributed by atoms with van der Waals surface area (Å²) in [4.78, 5) is 0. The van der Waals surface area contributed by atoms with Crippen molar-refractivity contribution in [2.75, 3.05) is 0 Å². The lowest BCUT2D eigenvalue weighted by molar-refractivity contribution is -0.0584. The van der Waals surface area contributed by atoms with Crippen molar-refractivity contribution in [3.63, 3.8) is 0 Å². The van der Waals surface area contributed by atoms with Gasteiger partial charge in [0.25, 0.3) is 0 Å². The maximum atomic E-state index is 12.5.